The first-order valence-corrected chi connectivity index (χ1v) is 7.01. The smallest absolute Gasteiger partial charge is 0.387 e. The third-order valence-electron chi connectivity index (χ3n) is 3.79. The molecular weight excluding hydrogens is 283 g/mol. The van der Waals surface area contributed by atoms with E-state index in [4.69, 9.17) is 0 Å². The van der Waals surface area contributed by atoms with Crippen LogP contribution in [0.5, 0.6) is 0 Å². The first kappa shape index (κ1) is 15.8. The minimum Gasteiger partial charge on any atom is -0.387 e. The predicted molar refractivity (Wildman–Crippen MR) is 71.4 cm³/mol. The number of amides is 1. The van der Waals surface area contributed by atoms with Gasteiger partial charge in [-0.25, -0.2) is 0 Å². The third kappa shape index (κ3) is 4.20. The van der Waals surface area contributed by atoms with E-state index in [1.54, 1.807) is 0 Å². The molecule has 0 heterocycles. The van der Waals surface area contributed by atoms with Gasteiger partial charge in [-0.3, -0.25) is 4.79 Å². The number of hydrogen-bond donors (Lipinski definition) is 2. The van der Waals surface area contributed by atoms with Crippen LogP contribution in [0.1, 0.15) is 42.9 Å². The second kappa shape index (κ2) is 6.47. The minimum absolute atomic E-state index is 0.0290. The number of halogens is 3. The molecule has 116 valence electrons. The van der Waals surface area contributed by atoms with Crippen LogP contribution in [0.15, 0.2) is 24.3 Å². The van der Waals surface area contributed by atoms with Gasteiger partial charge in [0.2, 0.25) is 5.91 Å². The van der Waals surface area contributed by atoms with Gasteiger partial charge >= 0.3 is 6.18 Å². The van der Waals surface area contributed by atoms with E-state index in [0.29, 0.717) is 0 Å². The predicted octanol–water partition coefficient (Wildman–Crippen LogP) is 3.05. The number of aliphatic hydroxyl groups is 1. The lowest BCUT2D eigenvalue weighted by atomic mass is 10.0. The van der Waals surface area contributed by atoms with Gasteiger partial charge in [-0.1, -0.05) is 25.0 Å². The Labute approximate surface area is 121 Å². The van der Waals surface area contributed by atoms with Crippen molar-refractivity contribution in [2.75, 3.05) is 6.54 Å². The molecule has 0 aliphatic heterocycles. The van der Waals surface area contributed by atoms with E-state index in [9.17, 15) is 23.1 Å². The first-order chi connectivity index (χ1) is 9.88. The molecule has 1 aromatic rings. The van der Waals surface area contributed by atoms with Gasteiger partial charge in [0.05, 0.1) is 11.7 Å². The fourth-order valence-corrected chi connectivity index (χ4v) is 2.57. The molecule has 0 bridgehead atoms. The topological polar surface area (TPSA) is 49.3 Å². The van der Waals surface area contributed by atoms with Crippen LogP contribution in [0.3, 0.4) is 0 Å². The quantitative estimate of drug-likeness (QED) is 0.898. The Bertz CT molecular complexity index is 496. The van der Waals surface area contributed by atoms with E-state index in [1.165, 1.54) is 12.1 Å². The normalized spacial score (nSPS) is 17.7. The average molecular weight is 301 g/mol. The molecule has 1 saturated carbocycles. The van der Waals surface area contributed by atoms with Crippen LogP contribution in [0, 0.1) is 5.92 Å². The van der Waals surface area contributed by atoms with Crippen LogP contribution in [0.2, 0.25) is 0 Å². The molecule has 1 amide bonds. The number of rotatable bonds is 4. The van der Waals surface area contributed by atoms with Gasteiger partial charge in [-0.15, -0.1) is 0 Å². The number of hydrogen-bond acceptors (Lipinski definition) is 2. The van der Waals surface area contributed by atoms with Crippen LogP contribution in [-0.4, -0.2) is 17.6 Å². The Balaban J connectivity index is 1.94. The highest BCUT2D eigenvalue weighted by Gasteiger charge is 2.31. The number of aliphatic hydroxyl groups excluding tert-OH is 1. The molecule has 6 heteroatoms. The lowest BCUT2D eigenvalue weighted by Gasteiger charge is -2.16. The summed E-state index contributed by atoms with van der Waals surface area (Å²) in [5.41, 5.74) is -0.655. The summed E-state index contributed by atoms with van der Waals surface area (Å²) in [5, 5.41) is 12.5. The Morgan fingerprint density at radius 1 is 1.33 bits per heavy atom. The Hall–Kier alpha value is -1.56. The molecule has 3 nitrogen and oxygen atoms in total. The fourth-order valence-electron chi connectivity index (χ4n) is 2.57. The first-order valence-electron chi connectivity index (χ1n) is 7.01. The summed E-state index contributed by atoms with van der Waals surface area (Å²) in [6, 6.07) is 4.53. The van der Waals surface area contributed by atoms with E-state index in [0.717, 1.165) is 37.8 Å². The minimum atomic E-state index is -4.44. The van der Waals surface area contributed by atoms with Gasteiger partial charge in [0.1, 0.15) is 0 Å². The molecule has 1 fully saturated rings. The van der Waals surface area contributed by atoms with E-state index in [2.05, 4.69) is 5.32 Å². The summed E-state index contributed by atoms with van der Waals surface area (Å²) in [5.74, 6) is -0.155. The molecule has 0 spiro atoms. The van der Waals surface area contributed by atoms with Crippen molar-refractivity contribution in [2.24, 2.45) is 5.92 Å². The van der Waals surface area contributed by atoms with Gasteiger partial charge in [-0.2, -0.15) is 13.2 Å². The Morgan fingerprint density at radius 2 is 2.00 bits per heavy atom. The molecule has 2 rings (SSSR count). The number of carbonyl (C=O) groups is 1. The third-order valence-corrected chi connectivity index (χ3v) is 3.79. The fraction of sp³-hybridized carbons (Fsp3) is 0.533. The largest absolute Gasteiger partial charge is 0.416 e. The lowest BCUT2D eigenvalue weighted by Crippen LogP contribution is -2.32. The maximum Gasteiger partial charge on any atom is 0.416 e. The maximum absolute atomic E-state index is 12.6. The van der Waals surface area contributed by atoms with Gasteiger partial charge in [0, 0.05) is 12.5 Å². The standard InChI is InChI=1S/C15H18F3NO2/c16-15(17,18)12-7-3-6-11(8-12)13(20)9-19-14(21)10-4-1-2-5-10/h3,6-8,10,13,20H,1-2,4-5,9H2,(H,19,21). The van der Waals surface area contributed by atoms with Crippen molar-refractivity contribution in [3.63, 3.8) is 0 Å². The van der Waals surface area contributed by atoms with Crippen molar-refractivity contribution in [2.45, 2.75) is 38.0 Å². The molecule has 1 atom stereocenters. The number of alkyl halides is 3. The summed E-state index contributed by atoms with van der Waals surface area (Å²) < 4.78 is 37.8. The van der Waals surface area contributed by atoms with Gasteiger partial charge < -0.3 is 10.4 Å². The Kier molecular flexibility index (Phi) is 4.88. The summed E-state index contributed by atoms with van der Waals surface area (Å²) in [6.45, 7) is -0.0728. The van der Waals surface area contributed by atoms with E-state index in [1.807, 2.05) is 0 Å². The van der Waals surface area contributed by atoms with Crippen LogP contribution < -0.4 is 5.32 Å². The van der Waals surface area contributed by atoms with Crippen LogP contribution in [-0.2, 0) is 11.0 Å². The highest BCUT2D eigenvalue weighted by Crippen LogP contribution is 2.30. The second-order valence-electron chi connectivity index (χ2n) is 5.37. The van der Waals surface area contributed by atoms with Crippen LogP contribution in [0.4, 0.5) is 13.2 Å². The van der Waals surface area contributed by atoms with E-state index in [-0.39, 0.29) is 23.9 Å². The summed E-state index contributed by atoms with van der Waals surface area (Å²) >= 11 is 0. The molecule has 1 unspecified atom stereocenters. The number of nitrogens with one attached hydrogen (secondary N) is 1. The summed E-state index contributed by atoms with van der Waals surface area (Å²) in [7, 11) is 0. The van der Waals surface area contributed by atoms with Crippen LogP contribution in [0.25, 0.3) is 0 Å². The van der Waals surface area contributed by atoms with Gasteiger partial charge in [-0.05, 0) is 30.5 Å². The van der Waals surface area contributed by atoms with Crippen molar-refractivity contribution < 1.29 is 23.1 Å². The van der Waals surface area contributed by atoms with Gasteiger partial charge in [0.25, 0.3) is 0 Å². The number of benzene rings is 1. The monoisotopic (exact) mass is 301 g/mol. The number of carbonyl (C=O) groups excluding carboxylic acids is 1. The molecule has 0 saturated heterocycles. The summed E-state index contributed by atoms with van der Waals surface area (Å²) in [4.78, 5) is 11.8. The SMILES string of the molecule is O=C(NCC(O)c1cccc(C(F)(F)F)c1)C1CCCC1. The molecule has 0 radical (unpaired) electrons. The van der Waals surface area contributed by atoms with E-state index < -0.39 is 17.8 Å². The summed E-state index contributed by atoms with van der Waals surface area (Å²) in [6.07, 6.45) is -1.86. The van der Waals surface area contributed by atoms with Crippen molar-refractivity contribution in [1.29, 1.82) is 0 Å². The van der Waals surface area contributed by atoms with Crippen molar-refractivity contribution in [3.05, 3.63) is 35.4 Å². The molecule has 21 heavy (non-hydrogen) atoms. The van der Waals surface area contributed by atoms with E-state index >= 15 is 0 Å². The molecule has 1 aliphatic rings. The molecule has 2 N–H and O–H groups in total. The zero-order chi connectivity index (χ0) is 15.5. The second-order valence-corrected chi connectivity index (χ2v) is 5.37. The zero-order valence-corrected chi connectivity index (χ0v) is 11.5. The van der Waals surface area contributed by atoms with Crippen molar-refractivity contribution in [3.8, 4) is 0 Å². The molecule has 0 aromatic heterocycles. The van der Waals surface area contributed by atoms with Crippen LogP contribution >= 0.6 is 0 Å². The molecule has 1 aliphatic carbocycles. The maximum atomic E-state index is 12.6. The highest BCUT2D eigenvalue weighted by atomic mass is 19.4. The van der Waals surface area contributed by atoms with Gasteiger partial charge in [0.15, 0.2) is 0 Å². The van der Waals surface area contributed by atoms with Crippen molar-refractivity contribution in [1.82, 2.24) is 5.32 Å². The lowest BCUT2D eigenvalue weighted by molar-refractivity contribution is -0.137. The highest BCUT2D eigenvalue weighted by molar-refractivity contribution is 5.78. The zero-order valence-electron chi connectivity index (χ0n) is 11.5. The molecule has 1 aromatic carbocycles. The van der Waals surface area contributed by atoms with Crippen molar-refractivity contribution >= 4 is 5.91 Å². The Morgan fingerprint density at radius 3 is 2.62 bits per heavy atom. The average Bonchev–Trinajstić information content (AvgIpc) is 2.98. The molecular formula is C15H18F3NO2.